The van der Waals surface area contributed by atoms with Crippen molar-refractivity contribution in [3.05, 3.63) is 59.2 Å². The number of nitrogens with zero attached hydrogens (tertiary/aromatic N) is 1. The summed E-state index contributed by atoms with van der Waals surface area (Å²) < 4.78 is 11.3. The van der Waals surface area contributed by atoms with E-state index in [1.807, 2.05) is 20.8 Å². The van der Waals surface area contributed by atoms with Crippen molar-refractivity contribution < 1.29 is 28.7 Å². The van der Waals surface area contributed by atoms with Crippen LogP contribution >= 0.6 is 0 Å². The number of ether oxygens (including phenoxy) is 2. The minimum Gasteiger partial charge on any atom is -0.493 e. The van der Waals surface area contributed by atoms with E-state index in [-0.39, 0.29) is 28.5 Å². The van der Waals surface area contributed by atoms with E-state index in [1.54, 1.807) is 24.3 Å². The largest absolute Gasteiger partial charge is 0.493 e. The summed E-state index contributed by atoms with van der Waals surface area (Å²) in [5.74, 6) is -1.42. The van der Waals surface area contributed by atoms with E-state index < -0.39 is 17.8 Å². The van der Waals surface area contributed by atoms with E-state index in [0.717, 1.165) is 6.42 Å². The van der Waals surface area contributed by atoms with Crippen molar-refractivity contribution in [3.63, 3.8) is 0 Å². The molecule has 0 radical (unpaired) electrons. The molecular weight excluding hydrogens is 362 g/mol. The van der Waals surface area contributed by atoms with Crippen molar-refractivity contribution in [2.75, 3.05) is 6.61 Å². The maximum Gasteiger partial charge on any atom is 0.367 e. The van der Waals surface area contributed by atoms with Crippen LogP contribution in [-0.2, 0) is 4.84 Å². The average molecular weight is 383 g/mol. The Hall–Kier alpha value is -3.35. The number of amides is 2. The molecule has 2 amide bonds. The normalized spacial score (nSPS) is 12.9. The average Bonchev–Trinajstić information content (AvgIpc) is 2.91. The first-order valence-electron chi connectivity index (χ1n) is 9.06. The van der Waals surface area contributed by atoms with Crippen LogP contribution in [0.2, 0.25) is 0 Å². The zero-order valence-electron chi connectivity index (χ0n) is 15.9. The van der Waals surface area contributed by atoms with Crippen LogP contribution in [0.25, 0.3) is 0 Å². The number of fused-ring (bicyclic) bond motifs is 1. The minimum atomic E-state index is -0.868. The lowest BCUT2D eigenvalue weighted by Crippen LogP contribution is -2.32. The van der Waals surface area contributed by atoms with E-state index in [4.69, 9.17) is 14.3 Å². The van der Waals surface area contributed by atoms with Crippen LogP contribution in [-0.4, -0.2) is 35.6 Å². The van der Waals surface area contributed by atoms with Gasteiger partial charge in [-0.05, 0) is 44.5 Å². The molecular formula is C21H21NO6. The molecule has 0 saturated heterocycles. The Balaban J connectivity index is 1.84. The highest BCUT2D eigenvalue weighted by molar-refractivity contribution is 6.21. The van der Waals surface area contributed by atoms with Gasteiger partial charge >= 0.3 is 5.97 Å². The number of rotatable bonds is 7. The van der Waals surface area contributed by atoms with Gasteiger partial charge in [0, 0.05) is 6.07 Å². The molecule has 3 rings (SSSR count). The molecule has 0 spiro atoms. The Morgan fingerprint density at radius 3 is 2.25 bits per heavy atom. The molecule has 0 aliphatic carbocycles. The van der Waals surface area contributed by atoms with Crippen LogP contribution in [0.3, 0.4) is 0 Å². The fraction of sp³-hybridized carbons (Fsp3) is 0.286. The molecule has 2 aromatic carbocycles. The molecule has 1 heterocycles. The second-order valence-corrected chi connectivity index (χ2v) is 6.50. The Bertz CT molecular complexity index is 886. The monoisotopic (exact) mass is 383 g/mol. The lowest BCUT2D eigenvalue weighted by molar-refractivity contribution is -0.0587. The van der Waals surface area contributed by atoms with Crippen molar-refractivity contribution in [1.82, 2.24) is 5.06 Å². The summed E-state index contributed by atoms with van der Waals surface area (Å²) >= 11 is 0. The van der Waals surface area contributed by atoms with Gasteiger partial charge in [-0.15, -0.1) is 0 Å². The number of hydrogen-bond donors (Lipinski definition) is 0. The molecule has 28 heavy (non-hydrogen) atoms. The smallest absolute Gasteiger partial charge is 0.367 e. The number of benzene rings is 2. The molecule has 0 unspecified atom stereocenters. The quantitative estimate of drug-likeness (QED) is 0.679. The molecule has 7 heteroatoms. The third-order valence-corrected chi connectivity index (χ3v) is 3.94. The van der Waals surface area contributed by atoms with Crippen molar-refractivity contribution in [3.8, 4) is 11.5 Å². The molecule has 2 aromatic rings. The van der Waals surface area contributed by atoms with Crippen LogP contribution in [0.1, 0.15) is 58.3 Å². The fourth-order valence-corrected chi connectivity index (χ4v) is 2.71. The SMILES string of the molecule is CCCOc1ccc(C(=O)ON2C(=O)c3ccccc3C2=O)c(OC(C)C)c1. The van der Waals surface area contributed by atoms with Gasteiger partial charge in [0.05, 0.1) is 23.8 Å². The van der Waals surface area contributed by atoms with Gasteiger partial charge < -0.3 is 14.3 Å². The summed E-state index contributed by atoms with van der Waals surface area (Å²) in [5.41, 5.74) is 0.485. The fourth-order valence-electron chi connectivity index (χ4n) is 2.71. The van der Waals surface area contributed by atoms with E-state index in [2.05, 4.69) is 0 Å². The molecule has 7 nitrogen and oxygen atoms in total. The highest BCUT2D eigenvalue weighted by atomic mass is 16.7. The Morgan fingerprint density at radius 1 is 1.04 bits per heavy atom. The number of carbonyl (C=O) groups is 3. The van der Waals surface area contributed by atoms with E-state index >= 15 is 0 Å². The van der Waals surface area contributed by atoms with Gasteiger partial charge in [0.15, 0.2) is 0 Å². The van der Waals surface area contributed by atoms with Gasteiger partial charge in [0.2, 0.25) is 0 Å². The number of carbonyl (C=O) groups excluding carboxylic acids is 3. The second-order valence-electron chi connectivity index (χ2n) is 6.50. The maximum atomic E-state index is 12.7. The molecule has 0 atom stereocenters. The predicted octanol–water partition coefficient (Wildman–Crippen LogP) is 3.63. The number of hydroxylamine groups is 2. The Kier molecular flexibility index (Phi) is 5.63. The molecule has 0 N–H and O–H groups in total. The maximum absolute atomic E-state index is 12.7. The first-order valence-corrected chi connectivity index (χ1v) is 9.06. The van der Waals surface area contributed by atoms with Crippen LogP contribution in [0.4, 0.5) is 0 Å². The molecule has 1 aliphatic rings. The van der Waals surface area contributed by atoms with E-state index in [9.17, 15) is 14.4 Å². The molecule has 1 aliphatic heterocycles. The molecule has 0 aromatic heterocycles. The van der Waals surface area contributed by atoms with Gasteiger partial charge in [-0.1, -0.05) is 24.1 Å². The summed E-state index contributed by atoms with van der Waals surface area (Å²) in [4.78, 5) is 42.6. The second kappa shape index (κ2) is 8.12. The minimum absolute atomic E-state index is 0.0918. The van der Waals surface area contributed by atoms with Gasteiger partial charge in [0.1, 0.15) is 17.1 Å². The lowest BCUT2D eigenvalue weighted by atomic mass is 10.1. The summed E-state index contributed by atoms with van der Waals surface area (Å²) in [6.45, 7) is 6.15. The van der Waals surface area contributed by atoms with Crippen LogP contribution in [0.5, 0.6) is 11.5 Å². The van der Waals surface area contributed by atoms with Gasteiger partial charge in [-0.2, -0.15) is 0 Å². The highest BCUT2D eigenvalue weighted by Crippen LogP contribution is 2.29. The van der Waals surface area contributed by atoms with Gasteiger partial charge in [0.25, 0.3) is 11.8 Å². The van der Waals surface area contributed by atoms with Gasteiger partial charge in [-0.3, -0.25) is 9.59 Å². The van der Waals surface area contributed by atoms with Crippen molar-refractivity contribution in [2.24, 2.45) is 0 Å². The van der Waals surface area contributed by atoms with Crippen molar-refractivity contribution in [1.29, 1.82) is 0 Å². The van der Waals surface area contributed by atoms with E-state index in [0.29, 0.717) is 17.4 Å². The molecule has 0 fully saturated rings. The first-order chi connectivity index (χ1) is 13.4. The Morgan fingerprint density at radius 2 is 1.68 bits per heavy atom. The third kappa shape index (κ3) is 3.83. The predicted molar refractivity (Wildman–Crippen MR) is 100 cm³/mol. The van der Waals surface area contributed by atoms with Crippen molar-refractivity contribution >= 4 is 17.8 Å². The summed E-state index contributed by atoms with van der Waals surface area (Å²) in [6.07, 6.45) is 0.636. The van der Waals surface area contributed by atoms with Crippen molar-refractivity contribution in [2.45, 2.75) is 33.3 Å². The standard InChI is InChI=1S/C21H21NO6/c1-4-11-26-14-9-10-17(18(12-14)27-13(2)3)21(25)28-22-19(23)15-7-5-6-8-16(15)20(22)24/h5-10,12-13H,4,11H2,1-3H3. The van der Waals surface area contributed by atoms with Crippen LogP contribution in [0.15, 0.2) is 42.5 Å². The van der Waals surface area contributed by atoms with Gasteiger partial charge in [-0.25, -0.2) is 4.79 Å². The lowest BCUT2D eigenvalue weighted by Gasteiger charge is -2.17. The number of imide groups is 1. The summed E-state index contributed by atoms with van der Waals surface area (Å²) in [7, 11) is 0. The van der Waals surface area contributed by atoms with Crippen LogP contribution in [0, 0.1) is 0 Å². The molecule has 0 saturated carbocycles. The van der Waals surface area contributed by atoms with Crippen LogP contribution < -0.4 is 9.47 Å². The topological polar surface area (TPSA) is 82.1 Å². The highest BCUT2D eigenvalue weighted by Gasteiger charge is 2.39. The summed E-state index contributed by atoms with van der Waals surface area (Å²) in [5, 5.41) is 0.480. The third-order valence-electron chi connectivity index (χ3n) is 3.94. The molecule has 146 valence electrons. The first kappa shape index (κ1) is 19.4. The number of hydrogen-bond acceptors (Lipinski definition) is 6. The van der Waals surface area contributed by atoms with E-state index in [1.165, 1.54) is 18.2 Å². The molecule has 0 bridgehead atoms. The Labute approximate surface area is 162 Å². The zero-order chi connectivity index (χ0) is 20.3. The zero-order valence-corrected chi connectivity index (χ0v) is 15.9. The summed E-state index contributed by atoms with van der Waals surface area (Å²) in [6, 6.07) is 11.0.